The first-order chi connectivity index (χ1) is 9.69. The third kappa shape index (κ3) is 4.10. The Morgan fingerprint density at radius 3 is 2.65 bits per heavy atom. The summed E-state index contributed by atoms with van der Waals surface area (Å²) in [7, 11) is 0. The van der Waals surface area contributed by atoms with E-state index in [4.69, 9.17) is 4.74 Å². The Hall–Kier alpha value is -1.81. The van der Waals surface area contributed by atoms with Crippen LogP contribution in [0.2, 0.25) is 0 Å². The Kier molecular flexibility index (Phi) is 5.18. The van der Waals surface area contributed by atoms with Crippen LogP contribution in [-0.2, 0) is 6.54 Å². The van der Waals surface area contributed by atoms with Crippen LogP contribution in [-0.4, -0.2) is 12.0 Å². The normalized spacial score (nSPS) is 11.9. The number of carbonyl (C=O) groups is 1. The molecular weight excluding hydrogens is 270 g/mol. The third-order valence-corrected chi connectivity index (χ3v) is 3.91. The number of nitrogens with one attached hydrogen (secondary N) is 1. The van der Waals surface area contributed by atoms with Gasteiger partial charge in [0.25, 0.3) is 5.91 Å². The summed E-state index contributed by atoms with van der Waals surface area (Å²) in [6.07, 6.45) is 1.15. The van der Waals surface area contributed by atoms with Crippen LogP contribution in [0.1, 0.15) is 35.5 Å². The largest absolute Gasteiger partial charge is 0.491 e. The molecule has 1 aromatic heterocycles. The molecule has 0 spiro atoms. The highest BCUT2D eigenvalue weighted by Gasteiger charge is 2.07. The van der Waals surface area contributed by atoms with E-state index in [1.807, 2.05) is 36.6 Å². The number of hydrogen-bond acceptors (Lipinski definition) is 3. The second kappa shape index (κ2) is 7.10. The standard InChI is InChI=1S/C16H19NO2S/c1-3-12(2)19-14-8-6-13(7-9-14)16(18)17-11-15-5-4-10-20-15/h4-10,12H,3,11H2,1-2H3,(H,17,18)/t12-/m1/s1. The van der Waals surface area contributed by atoms with Crippen LogP contribution < -0.4 is 10.1 Å². The van der Waals surface area contributed by atoms with E-state index in [1.54, 1.807) is 23.5 Å². The van der Waals surface area contributed by atoms with Crippen molar-refractivity contribution in [1.82, 2.24) is 5.32 Å². The lowest BCUT2D eigenvalue weighted by atomic mass is 10.2. The predicted molar refractivity (Wildman–Crippen MR) is 82.3 cm³/mol. The summed E-state index contributed by atoms with van der Waals surface area (Å²) in [4.78, 5) is 13.1. The van der Waals surface area contributed by atoms with E-state index in [1.165, 1.54) is 0 Å². The van der Waals surface area contributed by atoms with Gasteiger partial charge < -0.3 is 10.1 Å². The molecule has 2 rings (SSSR count). The fraction of sp³-hybridized carbons (Fsp3) is 0.312. The quantitative estimate of drug-likeness (QED) is 0.877. The zero-order valence-electron chi connectivity index (χ0n) is 11.8. The number of rotatable bonds is 6. The van der Waals surface area contributed by atoms with E-state index in [0.29, 0.717) is 12.1 Å². The van der Waals surface area contributed by atoms with Crippen molar-refractivity contribution >= 4 is 17.2 Å². The number of amides is 1. The van der Waals surface area contributed by atoms with E-state index in [2.05, 4.69) is 12.2 Å². The van der Waals surface area contributed by atoms with Crippen LogP contribution in [0, 0.1) is 0 Å². The Balaban J connectivity index is 1.90. The molecule has 3 nitrogen and oxygen atoms in total. The summed E-state index contributed by atoms with van der Waals surface area (Å²) in [5.74, 6) is 0.739. The molecule has 0 bridgehead atoms. The van der Waals surface area contributed by atoms with Crippen molar-refractivity contribution in [2.75, 3.05) is 0 Å². The second-order valence-corrected chi connectivity index (χ2v) is 5.66. The van der Waals surface area contributed by atoms with E-state index in [-0.39, 0.29) is 12.0 Å². The molecular formula is C16H19NO2S. The lowest BCUT2D eigenvalue weighted by molar-refractivity contribution is 0.0951. The van der Waals surface area contributed by atoms with Crippen molar-refractivity contribution in [3.05, 3.63) is 52.2 Å². The maximum absolute atomic E-state index is 12.0. The number of hydrogen-bond donors (Lipinski definition) is 1. The molecule has 0 fully saturated rings. The van der Waals surface area contributed by atoms with Crippen LogP contribution in [0.15, 0.2) is 41.8 Å². The number of ether oxygens (including phenoxy) is 1. The van der Waals surface area contributed by atoms with Gasteiger partial charge in [-0.05, 0) is 49.1 Å². The van der Waals surface area contributed by atoms with Gasteiger partial charge in [0.15, 0.2) is 0 Å². The SMILES string of the molecule is CC[C@@H](C)Oc1ccc(C(=O)NCc2cccs2)cc1. The minimum atomic E-state index is -0.0616. The molecule has 1 heterocycles. The molecule has 0 aliphatic heterocycles. The molecule has 0 saturated heterocycles. The second-order valence-electron chi connectivity index (χ2n) is 4.62. The third-order valence-electron chi connectivity index (χ3n) is 3.03. The molecule has 1 aromatic carbocycles. The van der Waals surface area contributed by atoms with E-state index >= 15 is 0 Å². The first-order valence-electron chi connectivity index (χ1n) is 6.76. The van der Waals surface area contributed by atoms with E-state index in [0.717, 1.165) is 17.0 Å². The zero-order valence-corrected chi connectivity index (χ0v) is 12.6. The van der Waals surface area contributed by atoms with Crippen LogP contribution in [0.5, 0.6) is 5.75 Å². The van der Waals surface area contributed by atoms with Gasteiger partial charge in [0.2, 0.25) is 0 Å². The van der Waals surface area contributed by atoms with Gasteiger partial charge in [-0.3, -0.25) is 4.79 Å². The molecule has 0 radical (unpaired) electrons. The molecule has 0 aliphatic rings. The van der Waals surface area contributed by atoms with Crippen molar-refractivity contribution in [2.45, 2.75) is 32.9 Å². The average molecular weight is 289 g/mol. The van der Waals surface area contributed by atoms with E-state index < -0.39 is 0 Å². The van der Waals surface area contributed by atoms with Gasteiger partial charge in [0, 0.05) is 10.4 Å². The van der Waals surface area contributed by atoms with Gasteiger partial charge in [-0.15, -0.1) is 11.3 Å². The van der Waals surface area contributed by atoms with Gasteiger partial charge in [0.05, 0.1) is 12.6 Å². The summed E-state index contributed by atoms with van der Waals surface area (Å²) in [5.41, 5.74) is 0.651. The number of thiophene rings is 1. The molecule has 2 aromatic rings. The molecule has 1 N–H and O–H groups in total. The molecule has 20 heavy (non-hydrogen) atoms. The van der Waals surface area contributed by atoms with Gasteiger partial charge >= 0.3 is 0 Å². The van der Waals surface area contributed by atoms with Crippen molar-refractivity contribution in [3.63, 3.8) is 0 Å². The Morgan fingerprint density at radius 2 is 2.05 bits per heavy atom. The topological polar surface area (TPSA) is 38.3 Å². The van der Waals surface area contributed by atoms with E-state index in [9.17, 15) is 4.79 Å². The van der Waals surface area contributed by atoms with Crippen LogP contribution in [0.3, 0.4) is 0 Å². The van der Waals surface area contributed by atoms with Crippen LogP contribution in [0.25, 0.3) is 0 Å². The number of carbonyl (C=O) groups excluding carboxylic acids is 1. The van der Waals surface area contributed by atoms with Crippen molar-refractivity contribution in [1.29, 1.82) is 0 Å². The molecule has 0 unspecified atom stereocenters. The summed E-state index contributed by atoms with van der Waals surface area (Å²) >= 11 is 1.64. The molecule has 0 aliphatic carbocycles. The van der Waals surface area contributed by atoms with Gasteiger partial charge in [-0.2, -0.15) is 0 Å². The maximum Gasteiger partial charge on any atom is 0.251 e. The summed E-state index contributed by atoms with van der Waals surface area (Å²) in [6.45, 7) is 4.68. The Labute approximate surface area is 123 Å². The fourth-order valence-corrected chi connectivity index (χ4v) is 2.33. The highest BCUT2D eigenvalue weighted by atomic mass is 32.1. The summed E-state index contributed by atoms with van der Waals surface area (Å²) < 4.78 is 5.69. The Bertz CT molecular complexity index is 534. The summed E-state index contributed by atoms with van der Waals surface area (Å²) in [6, 6.07) is 11.3. The fourth-order valence-electron chi connectivity index (χ4n) is 1.68. The molecule has 1 atom stereocenters. The minimum absolute atomic E-state index is 0.0616. The molecule has 1 amide bonds. The van der Waals surface area contributed by atoms with Gasteiger partial charge in [-0.25, -0.2) is 0 Å². The lowest BCUT2D eigenvalue weighted by Gasteiger charge is -2.12. The first kappa shape index (κ1) is 14.6. The highest BCUT2D eigenvalue weighted by molar-refractivity contribution is 7.09. The lowest BCUT2D eigenvalue weighted by Crippen LogP contribution is -2.22. The maximum atomic E-state index is 12.0. The first-order valence-corrected chi connectivity index (χ1v) is 7.64. The number of benzene rings is 1. The molecule has 0 saturated carbocycles. The highest BCUT2D eigenvalue weighted by Crippen LogP contribution is 2.15. The Morgan fingerprint density at radius 1 is 1.30 bits per heavy atom. The van der Waals surface area contributed by atoms with Crippen LogP contribution >= 0.6 is 11.3 Å². The van der Waals surface area contributed by atoms with Crippen molar-refractivity contribution in [3.8, 4) is 5.75 Å². The minimum Gasteiger partial charge on any atom is -0.491 e. The van der Waals surface area contributed by atoms with Gasteiger partial charge in [-0.1, -0.05) is 13.0 Å². The monoisotopic (exact) mass is 289 g/mol. The smallest absolute Gasteiger partial charge is 0.251 e. The average Bonchev–Trinajstić information content (AvgIpc) is 2.98. The zero-order chi connectivity index (χ0) is 14.4. The molecule has 4 heteroatoms. The molecule has 106 valence electrons. The van der Waals surface area contributed by atoms with Gasteiger partial charge in [0.1, 0.15) is 5.75 Å². The predicted octanol–water partition coefficient (Wildman–Crippen LogP) is 3.86. The van der Waals surface area contributed by atoms with Crippen molar-refractivity contribution in [2.24, 2.45) is 0 Å². The summed E-state index contributed by atoms with van der Waals surface area (Å²) in [5, 5.41) is 4.91. The van der Waals surface area contributed by atoms with Crippen LogP contribution in [0.4, 0.5) is 0 Å². The van der Waals surface area contributed by atoms with Crippen molar-refractivity contribution < 1.29 is 9.53 Å².